The van der Waals surface area contributed by atoms with Crippen molar-refractivity contribution < 1.29 is 27.1 Å². The molecule has 0 unspecified atom stereocenters. The summed E-state index contributed by atoms with van der Waals surface area (Å²) in [7, 11) is 0. The number of thiazole rings is 1. The second kappa shape index (κ2) is 14.2. The lowest BCUT2D eigenvalue weighted by Gasteiger charge is -2.36. The highest BCUT2D eigenvalue weighted by atomic mass is 32.1. The van der Waals surface area contributed by atoms with Crippen LogP contribution in [0, 0.1) is 5.82 Å². The van der Waals surface area contributed by atoms with Gasteiger partial charge in [-0.1, -0.05) is 108 Å². The molecular formula is C44H28F4N6O2S. The lowest BCUT2D eigenvalue weighted by Crippen LogP contribution is -2.38. The monoisotopic (exact) mass is 780 g/mol. The number of hydrogen-bond acceptors (Lipinski definition) is 6. The van der Waals surface area contributed by atoms with Crippen LogP contribution in [0.5, 0.6) is 5.75 Å². The molecule has 0 aliphatic heterocycles. The zero-order valence-electron chi connectivity index (χ0n) is 29.6. The minimum Gasteiger partial charge on any atom is -0.406 e. The van der Waals surface area contributed by atoms with Crippen LogP contribution in [-0.4, -0.2) is 36.4 Å². The van der Waals surface area contributed by atoms with Crippen molar-refractivity contribution in [2.24, 2.45) is 0 Å². The van der Waals surface area contributed by atoms with Crippen molar-refractivity contribution in [2.75, 3.05) is 5.32 Å². The van der Waals surface area contributed by atoms with Crippen LogP contribution in [0.3, 0.4) is 0 Å². The minimum atomic E-state index is -4.85. The first-order chi connectivity index (χ1) is 27.7. The molecule has 5 aromatic carbocycles. The molecule has 0 atom stereocenters. The maximum Gasteiger partial charge on any atom is 0.573 e. The third-order valence-electron chi connectivity index (χ3n) is 9.66. The Labute approximate surface area is 326 Å². The number of alkyl halides is 3. The summed E-state index contributed by atoms with van der Waals surface area (Å²) < 4.78 is 61.9. The maximum absolute atomic E-state index is 15.6. The van der Waals surface area contributed by atoms with Gasteiger partial charge in [0.15, 0.2) is 5.13 Å². The zero-order valence-corrected chi connectivity index (χ0v) is 30.4. The van der Waals surface area contributed by atoms with Crippen molar-refractivity contribution in [1.29, 1.82) is 0 Å². The molecule has 4 heterocycles. The maximum atomic E-state index is 15.6. The van der Waals surface area contributed by atoms with Crippen LogP contribution >= 0.6 is 11.3 Å². The van der Waals surface area contributed by atoms with Gasteiger partial charge in [0.2, 0.25) is 0 Å². The summed E-state index contributed by atoms with van der Waals surface area (Å²) in [5, 5.41) is 7.63. The predicted octanol–water partition coefficient (Wildman–Crippen LogP) is 10.6. The van der Waals surface area contributed by atoms with Gasteiger partial charge in [0, 0.05) is 35.2 Å². The normalized spacial score (nSPS) is 11.9. The molecule has 0 aliphatic rings. The van der Waals surface area contributed by atoms with Crippen LogP contribution in [0.4, 0.5) is 22.7 Å². The fourth-order valence-corrected chi connectivity index (χ4v) is 8.02. The predicted molar refractivity (Wildman–Crippen MR) is 211 cm³/mol. The fraction of sp³-hybridized carbons (Fsp3) is 0.0455. The number of imidazole rings is 1. The van der Waals surface area contributed by atoms with Gasteiger partial charge in [-0.05, 0) is 53.1 Å². The highest BCUT2D eigenvalue weighted by molar-refractivity contribution is 7.22. The number of nitrogens with one attached hydrogen (secondary N) is 1. The molecule has 0 saturated carbocycles. The Balaban J connectivity index is 1.03. The second-order valence-corrected chi connectivity index (χ2v) is 14.1. The Bertz CT molecular complexity index is 2800. The van der Waals surface area contributed by atoms with Crippen molar-refractivity contribution in [3.63, 3.8) is 0 Å². The molecule has 0 saturated heterocycles. The van der Waals surface area contributed by atoms with E-state index in [1.165, 1.54) is 24.3 Å². The highest BCUT2D eigenvalue weighted by Crippen LogP contribution is 2.41. The Morgan fingerprint density at radius 3 is 1.98 bits per heavy atom. The number of anilines is 1. The van der Waals surface area contributed by atoms with Gasteiger partial charge in [-0.2, -0.15) is 5.10 Å². The van der Waals surface area contributed by atoms with E-state index in [1.807, 2.05) is 94.4 Å². The first kappa shape index (κ1) is 35.6. The third kappa shape index (κ3) is 6.67. The summed E-state index contributed by atoms with van der Waals surface area (Å²) in [5.74, 6) is -1.96. The van der Waals surface area contributed by atoms with Crippen molar-refractivity contribution in [3.8, 4) is 28.1 Å². The van der Waals surface area contributed by atoms with Gasteiger partial charge in [-0.15, -0.1) is 13.2 Å². The van der Waals surface area contributed by atoms with Crippen LogP contribution in [0.15, 0.2) is 164 Å². The fourth-order valence-electron chi connectivity index (χ4n) is 7.13. The van der Waals surface area contributed by atoms with Gasteiger partial charge in [-0.25, -0.2) is 14.4 Å². The second-order valence-electron chi connectivity index (χ2n) is 13.1. The molecule has 8 nitrogen and oxygen atoms in total. The van der Waals surface area contributed by atoms with E-state index in [-0.39, 0.29) is 10.7 Å². The molecule has 0 aliphatic carbocycles. The molecule has 0 radical (unpaired) electrons. The number of benzene rings is 5. The molecule has 1 amide bonds. The highest BCUT2D eigenvalue weighted by Gasteiger charge is 2.39. The number of fused-ring (bicyclic) bond motifs is 2. The standard InChI is InChI=1S/C44H28F4N6O2S/c45-36-22-28(16-19-35(36)41(55)52-42-51-37-20-18-34(23-39(37)57-42)56-44(46,47)48)38-25-49-40-21-17-29(26-53(38)40)30-24-50-54(27-30)43(31-10-4-1-5-11-31,32-12-6-2-7-13-32)33-14-8-3-9-15-33/h1-27H,(H,51,52,55). The van der Waals surface area contributed by atoms with E-state index in [9.17, 15) is 18.0 Å². The average molecular weight is 781 g/mol. The van der Waals surface area contributed by atoms with E-state index in [0.717, 1.165) is 45.2 Å². The van der Waals surface area contributed by atoms with E-state index in [0.29, 0.717) is 27.1 Å². The number of aromatic nitrogens is 5. The zero-order chi connectivity index (χ0) is 39.1. The molecule has 0 fully saturated rings. The van der Waals surface area contributed by atoms with Crippen molar-refractivity contribution >= 4 is 38.2 Å². The Kier molecular flexibility index (Phi) is 8.85. The topological polar surface area (TPSA) is 86.3 Å². The molecule has 13 heteroatoms. The largest absolute Gasteiger partial charge is 0.573 e. The van der Waals surface area contributed by atoms with E-state index in [2.05, 4.69) is 56.4 Å². The van der Waals surface area contributed by atoms with Crippen molar-refractivity contribution in [2.45, 2.75) is 11.9 Å². The smallest absolute Gasteiger partial charge is 0.406 e. The Morgan fingerprint density at radius 2 is 1.35 bits per heavy atom. The summed E-state index contributed by atoms with van der Waals surface area (Å²) >= 11 is 0.937. The van der Waals surface area contributed by atoms with Gasteiger partial charge in [0.25, 0.3) is 5.91 Å². The van der Waals surface area contributed by atoms with Crippen LogP contribution < -0.4 is 10.1 Å². The SMILES string of the molecule is O=C(Nc1nc2ccc(OC(F)(F)F)cc2s1)c1ccc(-c2cnc3ccc(-c4cnn(C(c5ccccc5)(c5ccccc5)c5ccccc5)c4)cn23)cc1F. The van der Waals surface area contributed by atoms with Gasteiger partial charge in [0.05, 0.1) is 33.9 Å². The van der Waals surface area contributed by atoms with E-state index < -0.39 is 29.4 Å². The lowest BCUT2D eigenvalue weighted by molar-refractivity contribution is -0.274. The number of amides is 1. The van der Waals surface area contributed by atoms with Crippen LogP contribution in [0.1, 0.15) is 27.0 Å². The van der Waals surface area contributed by atoms with Crippen LogP contribution in [-0.2, 0) is 5.54 Å². The molecule has 4 aromatic heterocycles. The number of carbonyl (C=O) groups excluding carboxylic acids is 1. The summed E-state index contributed by atoms with van der Waals surface area (Å²) in [4.78, 5) is 21.9. The van der Waals surface area contributed by atoms with Gasteiger partial charge in [-0.3, -0.25) is 19.2 Å². The summed E-state index contributed by atoms with van der Waals surface area (Å²) in [6, 6.07) is 42.5. The Morgan fingerprint density at radius 1 is 0.702 bits per heavy atom. The first-order valence-electron chi connectivity index (χ1n) is 17.6. The number of ether oxygens (including phenoxy) is 1. The molecule has 280 valence electrons. The van der Waals surface area contributed by atoms with Gasteiger partial charge >= 0.3 is 6.36 Å². The number of halogens is 4. The molecule has 1 N–H and O–H groups in total. The van der Waals surface area contributed by atoms with Crippen LogP contribution in [0.25, 0.3) is 38.2 Å². The Hall–Kier alpha value is -7.12. The van der Waals surface area contributed by atoms with Crippen LogP contribution in [0.2, 0.25) is 0 Å². The van der Waals surface area contributed by atoms with Crippen molar-refractivity contribution in [3.05, 3.63) is 192 Å². The molecule has 57 heavy (non-hydrogen) atoms. The minimum absolute atomic E-state index is 0.0915. The number of hydrogen-bond donors (Lipinski definition) is 1. The van der Waals surface area contributed by atoms with Gasteiger partial charge in [0.1, 0.15) is 22.8 Å². The number of pyridine rings is 1. The summed E-state index contributed by atoms with van der Waals surface area (Å²) in [6.45, 7) is 0. The van der Waals surface area contributed by atoms with Gasteiger partial charge < -0.3 is 4.74 Å². The molecule has 0 spiro atoms. The summed E-state index contributed by atoms with van der Waals surface area (Å²) in [5.41, 5.74) is 5.85. The average Bonchev–Trinajstić information content (AvgIpc) is 3.97. The lowest BCUT2D eigenvalue weighted by atomic mass is 9.77. The number of nitrogens with zero attached hydrogens (tertiary/aromatic N) is 5. The number of carbonyl (C=O) groups is 1. The molecule has 9 rings (SSSR count). The van der Waals surface area contributed by atoms with Crippen molar-refractivity contribution in [1.82, 2.24) is 24.1 Å². The molecule has 0 bridgehead atoms. The van der Waals surface area contributed by atoms with E-state index in [1.54, 1.807) is 12.3 Å². The van der Waals surface area contributed by atoms with E-state index in [4.69, 9.17) is 5.10 Å². The quantitative estimate of drug-likeness (QED) is 0.116. The number of rotatable bonds is 9. The van der Waals surface area contributed by atoms with E-state index >= 15 is 4.39 Å². The first-order valence-corrected chi connectivity index (χ1v) is 18.4. The molecule has 9 aromatic rings. The third-order valence-corrected chi connectivity index (χ3v) is 10.6. The molecular weight excluding hydrogens is 753 g/mol. The summed E-state index contributed by atoms with van der Waals surface area (Å²) in [6.07, 6.45) is 2.57.